The molecule has 0 aliphatic carbocycles. The highest BCUT2D eigenvalue weighted by atomic mass is 79.9. The molecular weight excluding hydrogens is 261 g/mol. The van der Waals surface area contributed by atoms with E-state index in [4.69, 9.17) is 0 Å². The van der Waals surface area contributed by atoms with Crippen LogP contribution in [0.25, 0.3) is 10.9 Å². The van der Waals surface area contributed by atoms with Gasteiger partial charge in [-0.05, 0) is 25.1 Å². The second-order valence-corrected chi connectivity index (χ2v) is 4.75. The van der Waals surface area contributed by atoms with E-state index in [1.165, 1.54) is 12.1 Å². The van der Waals surface area contributed by atoms with Gasteiger partial charge in [-0.2, -0.15) is 0 Å². The summed E-state index contributed by atoms with van der Waals surface area (Å²) in [5.41, 5.74) is 1.29. The summed E-state index contributed by atoms with van der Waals surface area (Å²) >= 11 is 3.21. The van der Waals surface area contributed by atoms with Crippen molar-refractivity contribution in [1.82, 2.24) is 4.98 Å². The topological polar surface area (TPSA) is 32.9 Å². The van der Waals surface area contributed by atoms with Crippen LogP contribution >= 0.6 is 15.9 Å². The van der Waals surface area contributed by atoms with Gasteiger partial charge in [0.2, 0.25) is 0 Å². The van der Waals surface area contributed by atoms with Gasteiger partial charge in [0, 0.05) is 22.7 Å². The van der Waals surface area contributed by atoms with Crippen LogP contribution in [0.3, 0.4) is 0 Å². The molecule has 0 fully saturated rings. The number of carbonyl (C=O) groups is 1. The van der Waals surface area contributed by atoms with E-state index >= 15 is 0 Å². The van der Waals surface area contributed by atoms with Crippen LogP contribution in [0.4, 0.5) is 4.39 Å². The molecule has 1 heterocycles. The third-order valence-corrected chi connectivity index (χ3v) is 2.69. The molecule has 0 spiro atoms. The molecule has 0 saturated heterocycles. The zero-order valence-corrected chi connectivity index (χ0v) is 9.64. The largest absolute Gasteiger partial charge is 0.360 e. The number of aromatic amines is 1. The smallest absolute Gasteiger partial charge is 0.178 e. The molecule has 1 aromatic carbocycles. The second kappa shape index (κ2) is 3.77. The van der Waals surface area contributed by atoms with Crippen LogP contribution in [-0.4, -0.2) is 15.6 Å². The maximum Gasteiger partial charge on any atom is 0.178 e. The van der Waals surface area contributed by atoms with Gasteiger partial charge in [0.05, 0.1) is 4.83 Å². The first-order valence-electron chi connectivity index (χ1n) is 4.54. The fourth-order valence-electron chi connectivity index (χ4n) is 1.51. The number of ketones is 1. The molecule has 2 rings (SSSR count). The van der Waals surface area contributed by atoms with Crippen molar-refractivity contribution < 1.29 is 9.18 Å². The van der Waals surface area contributed by atoms with Crippen LogP contribution in [-0.2, 0) is 0 Å². The molecule has 0 aliphatic rings. The van der Waals surface area contributed by atoms with Gasteiger partial charge in [0.1, 0.15) is 5.82 Å². The van der Waals surface area contributed by atoms with Crippen LogP contribution in [0.2, 0.25) is 0 Å². The molecule has 2 aromatic rings. The number of nitrogens with one attached hydrogen (secondary N) is 1. The molecule has 78 valence electrons. The molecule has 4 heteroatoms. The summed E-state index contributed by atoms with van der Waals surface area (Å²) in [4.78, 5) is 14.4. The molecular formula is C11H9BrFNO. The lowest BCUT2D eigenvalue weighted by Crippen LogP contribution is -2.09. The number of H-pyrrole nitrogens is 1. The number of benzene rings is 1. The molecule has 0 amide bonds. The van der Waals surface area contributed by atoms with E-state index in [1.54, 1.807) is 19.2 Å². The summed E-state index contributed by atoms with van der Waals surface area (Å²) in [5, 5.41) is 0.631. The minimum absolute atomic E-state index is 0.0492. The number of rotatable bonds is 2. The minimum Gasteiger partial charge on any atom is -0.360 e. The Balaban J connectivity index is 2.62. The van der Waals surface area contributed by atoms with E-state index in [9.17, 15) is 9.18 Å². The Kier molecular flexibility index (Phi) is 2.61. The Morgan fingerprint density at radius 2 is 2.27 bits per heavy atom. The quantitative estimate of drug-likeness (QED) is 0.659. The lowest BCUT2D eigenvalue weighted by molar-refractivity contribution is 0.0997. The van der Waals surface area contributed by atoms with Crippen LogP contribution in [0.15, 0.2) is 24.4 Å². The standard InChI is InChI=1S/C11H9BrFNO/c1-6(12)11(15)9-5-14-10-3-2-7(13)4-8(9)10/h2-6,14H,1H3/t6-/m0/s1. The zero-order chi connectivity index (χ0) is 11.0. The summed E-state index contributed by atoms with van der Waals surface area (Å²) in [6.07, 6.45) is 1.62. The highest BCUT2D eigenvalue weighted by Gasteiger charge is 2.16. The van der Waals surface area contributed by atoms with Gasteiger partial charge in [-0.25, -0.2) is 4.39 Å². The molecule has 2 nitrogen and oxygen atoms in total. The Morgan fingerprint density at radius 3 is 2.93 bits per heavy atom. The molecule has 15 heavy (non-hydrogen) atoms. The molecule has 0 aliphatic heterocycles. The van der Waals surface area contributed by atoms with Gasteiger partial charge >= 0.3 is 0 Å². The van der Waals surface area contributed by atoms with E-state index in [-0.39, 0.29) is 16.4 Å². The number of halogens is 2. The predicted molar refractivity (Wildman–Crippen MR) is 61.0 cm³/mol. The first kappa shape index (κ1) is 10.4. The minimum atomic E-state index is -0.335. The molecule has 0 saturated carbocycles. The van der Waals surface area contributed by atoms with E-state index in [0.29, 0.717) is 10.9 Å². The second-order valence-electron chi connectivity index (χ2n) is 3.37. The normalized spacial score (nSPS) is 13.0. The first-order valence-corrected chi connectivity index (χ1v) is 5.46. The van der Waals surface area contributed by atoms with Crippen LogP contribution in [0.5, 0.6) is 0 Å². The Labute approximate surface area is 94.6 Å². The van der Waals surface area contributed by atoms with E-state index in [2.05, 4.69) is 20.9 Å². The third kappa shape index (κ3) is 1.81. The fourth-order valence-corrected chi connectivity index (χ4v) is 1.76. The first-order chi connectivity index (χ1) is 7.09. The van der Waals surface area contributed by atoms with Crippen molar-refractivity contribution in [3.63, 3.8) is 0 Å². The van der Waals surface area contributed by atoms with Crippen molar-refractivity contribution in [3.05, 3.63) is 35.8 Å². The average molecular weight is 270 g/mol. The van der Waals surface area contributed by atoms with Crippen LogP contribution < -0.4 is 0 Å². The van der Waals surface area contributed by atoms with E-state index in [1.807, 2.05) is 0 Å². The average Bonchev–Trinajstić information content (AvgIpc) is 2.59. The Morgan fingerprint density at radius 1 is 1.53 bits per heavy atom. The summed E-state index contributed by atoms with van der Waals surface area (Å²) in [5.74, 6) is -0.384. The van der Waals surface area contributed by atoms with Crippen molar-refractivity contribution in [2.24, 2.45) is 0 Å². The lowest BCUT2D eigenvalue weighted by Gasteiger charge is -2.00. The molecule has 1 N–H and O–H groups in total. The van der Waals surface area contributed by atoms with Gasteiger partial charge < -0.3 is 4.98 Å². The number of fused-ring (bicyclic) bond motifs is 1. The lowest BCUT2D eigenvalue weighted by atomic mass is 10.1. The maximum absolute atomic E-state index is 13.0. The number of Topliss-reactive ketones (excluding diaryl/α,β-unsaturated/α-hetero) is 1. The summed E-state index contributed by atoms with van der Waals surface area (Å²) < 4.78 is 13.0. The highest BCUT2D eigenvalue weighted by Crippen LogP contribution is 2.22. The number of alkyl halides is 1. The number of hydrogen-bond acceptors (Lipinski definition) is 1. The fraction of sp³-hybridized carbons (Fsp3) is 0.182. The van der Waals surface area contributed by atoms with Gasteiger partial charge in [-0.3, -0.25) is 4.79 Å². The van der Waals surface area contributed by atoms with E-state index < -0.39 is 0 Å². The Hall–Kier alpha value is -1.16. The number of hydrogen-bond donors (Lipinski definition) is 1. The highest BCUT2D eigenvalue weighted by molar-refractivity contribution is 9.10. The molecule has 1 aromatic heterocycles. The Bertz CT molecular complexity index is 518. The maximum atomic E-state index is 13.0. The summed E-state index contributed by atoms with van der Waals surface area (Å²) in [6, 6.07) is 4.36. The van der Waals surface area contributed by atoms with Gasteiger partial charge in [0.15, 0.2) is 5.78 Å². The molecule has 0 radical (unpaired) electrons. The molecule has 0 unspecified atom stereocenters. The van der Waals surface area contributed by atoms with Crippen molar-refractivity contribution in [2.75, 3.05) is 0 Å². The van der Waals surface area contributed by atoms with Crippen molar-refractivity contribution in [2.45, 2.75) is 11.8 Å². The number of aromatic nitrogens is 1. The third-order valence-electron chi connectivity index (χ3n) is 2.27. The van der Waals surface area contributed by atoms with Crippen molar-refractivity contribution in [1.29, 1.82) is 0 Å². The molecule has 0 bridgehead atoms. The van der Waals surface area contributed by atoms with Crippen molar-refractivity contribution in [3.8, 4) is 0 Å². The monoisotopic (exact) mass is 269 g/mol. The SMILES string of the molecule is C[C@H](Br)C(=O)c1c[nH]c2ccc(F)cc12. The van der Waals surface area contributed by atoms with Crippen molar-refractivity contribution >= 4 is 32.6 Å². The zero-order valence-electron chi connectivity index (χ0n) is 8.05. The van der Waals surface area contributed by atoms with Crippen LogP contribution in [0.1, 0.15) is 17.3 Å². The molecule has 1 atom stereocenters. The van der Waals surface area contributed by atoms with Gasteiger partial charge in [-0.15, -0.1) is 0 Å². The predicted octanol–water partition coefficient (Wildman–Crippen LogP) is 3.27. The van der Waals surface area contributed by atoms with Crippen LogP contribution in [0, 0.1) is 5.82 Å². The summed E-state index contributed by atoms with van der Waals surface area (Å²) in [7, 11) is 0. The summed E-state index contributed by atoms with van der Waals surface area (Å²) in [6.45, 7) is 1.75. The number of carbonyl (C=O) groups excluding carboxylic acids is 1. The van der Waals surface area contributed by atoms with Gasteiger partial charge in [0.25, 0.3) is 0 Å². The van der Waals surface area contributed by atoms with E-state index in [0.717, 1.165) is 5.52 Å². The van der Waals surface area contributed by atoms with Gasteiger partial charge in [-0.1, -0.05) is 15.9 Å².